The van der Waals surface area contributed by atoms with Gasteiger partial charge in [-0.05, 0) is 23.8 Å². The van der Waals surface area contributed by atoms with E-state index in [1.165, 1.54) is 0 Å². The van der Waals surface area contributed by atoms with Crippen molar-refractivity contribution < 1.29 is 9.47 Å². The Kier molecular flexibility index (Phi) is 2.68. The highest BCUT2D eigenvalue weighted by molar-refractivity contribution is 6.32. The maximum atomic E-state index is 6.01. The van der Waals surface area contributed by atoms with Crippen molar-refractivity contribution in [1.29, 1.82) is 0 Å². The number of anilines is 1. The van der Waals surface area contributed by atoms with Gasteiger partial charge in [0.15, 0.2) is 16.7 Å². The number of nitrogens with zero attached hydrogens (tertiary/aromatic N) is 2. The molecule has 1 aliphatic heterocycles. The lowest BCUT2D eigenvalue weighted by Crippen LogP contribution is -2.15. The Labute approximate surface area is 108 Å². The molecule has 3 rings (SSSR count). The zero-order chi connectivity index (χ0) is 12.5. The number of nitrogens with two attached hydrogens (primary N) is 1. The summed E-state index contributed by atoms with van der Waals surface area (Å²) in [4.78, 5) is 0. The van der Waals surface area contributed by atoms with E-state index in [9.17, 15) is 0 Å². The molecule has 0 bridgehead atoms. The van der Waals surface area contributed by atoms with Gasteiger partial charge in [0, 0.05) is 5.56 Å². The van der Waals surface area contributed by atoms with Gasteiger partial charge in [0.05, 0.1) is 0 Å². The van der Waals surface area contributed by atoms with Gasteiger partial charge in [-0.25, -0.2) is 0 Å². The van der Waals surface area contributed by atoms with Crippen molar-refractivity contribution in [2.75, 3.05) is 18.9 Å². The normalized spacial score (nSPS) is 13.4. The predicted molar refractivity (Wildman–Crippen MR) is 67.9 cm³/mol. The first kappa shape index (κ1) is 11.1. The molecule has 0 saturated heterocycles. The van der Waals surface area contributed by atoms with Crippen molar-refractivity contribution in [3.8, 4) is 22.6 Å². The van der Waals surface area contributed by atoms with Crippen LogP contribution in [0, 0.1) is 0 Å². The molecule has 0 fully saturated rings. The molecule has 2 N–H and O–H groups in total. The van der Waals surface area contributed by atoms with Gasteiger partial charge in [-0.2, -0.15) is 0 Å². The first-order chi connectivity index (χ1) is 8.74. The van der Waals surface area contributed by atoms with Crippen molar-refractivity contribution in [3.63, 3.8) is 0 Å². The van der Waals surface area contributed by atoms with E-state index < -0.39 is 0 Å². The lowest BCUT2D eigenvalue weighted by atomic mass is 10.1. The van der Waals surface area contributed by atoms with Crippen LogP contribution in [0.2, 0.25) is 5.15 Å². The molecule has 0 amide bonds. The molecule has 0 unspecified atom stereocenters. The van der Waals surface area contributed by atoms with Gasteiger partial charge >= 0.3 is 0 Å². The molecule has 1 aromatic heterocycles. The van der Waals surface area contributed by atoms with E-state index in [2.05, 4.69) is 10.2 Å². The second-order valence-corrected chi connectivity index (χ2v) is 4.19. The Morgan fingerprint density at radius 1 is 1.06 bits per heavy atom. The Balaban J connectivity index is 2.09. The highest BCUT2D eigenvalue weighted by atomic mass is 35.5. The van der Waals surface area contributed by atoms with Crippen molar-refractivity contribution in [2.45, 2.75) is 0 Å². The summed E-state index contributed by atoms with van der Waals surface area (Å²) in [6.07, 6.45) is 0. The fourth-order valence-electron chi connectivity index (χ4n) is 1.81. The van der Waals surface area contributed by atoms with E-state index in [1.54, 1.807) is 6.07 Å². The van der Waals surface area contributed by atoms with Crippen LogP contribution in [-0.2, 0) is 0 Å². The largest absolute Gasteiger partial charge is 0.486 e. The van der Waals surface area contributed by atoms with Gasteiger partial charge in [-0.15, -0.1) is 10.2 Å². The third-order valence-electron chi connectivity index (χ3n) is 2.62. The third kappa shape index (κ3) is 1.93. The van der Waals surface area contributed by atoms with Gasteiger partial charge in [0.1, 0.15) is 19.0 Å². The Morgan fingerprint density at radius 2 is 1.83 bits per heavy atom. The molecule has 1 aromatic carbocycles. The first-order valence-corrected chi connectivity index (χ1v) is 5.80. The van der Waals surface area contributed by atoms with Crippen LogP contribution in [-0.4, -0.2) is 23.4 Å². The van der Waals surface area contributed by atoms with Gasteiger partial charge in [-0.1, -0.05) is 17.7 Å². The van der Waals surface area contributed by atoms with Gasteiger partial charge in [-0.3, -0.25) is 0 Å². The number of nitrogen functional groups attached to an aromatic ring is 1. The SMILES string of the molecule is Nc1cc(-c2ccc3c(c2)OCCO3)c(Cl)nn1. The Morgan fingerprint density at radius 3 is 2.67 bits per heavy atom. The number of rotatable bonds is 1. The number of hydrogen-bond donors (Lipinski definition) is 1. The van der Waals surface area contributed by atoms with E-state index in [-0.39, 0.29) is 0 Å². The zero-order valence-electron chi connectivity index (χ0n) is 9.39. The monoisotopic (exact) mass is 263 g/mol. The molecule has 0 aliphatic carbocycles. The van der Waals surface area contributed by atoms with E-state index in [0.717, 1.165) is 16.9 Å². The van der Waals surface area contributed by atoms with Crippen molar-refractivity contribution >= 4 is 17.4 Å². The second-order valence-electron chi connectivity index (χ2n) is 3.83. The van der Waals surface area contributed by atoms with E-state index in [1.807, 2.05) is 18.2 Å². The summed E-state index contributed by atoms with van der Waals surface area (Å²) in [5.41, 5.74) is 7.20. The average Bonchev–Trinajstić information content (AvgIpc) is 2.41. The number of hydrogen-bond acceptors (Lipinski definition) is 5. The van der Waals surface area contributed by atoms with Crippen LogP contribution in [0.25, 0.3) is 11.1 Å². The minimum atomic E-state index is 0.306. The van der Waals surface area contributed by atoms with E-state index >= 15 is 0 Å². The van der Waals surface area contributed by atoms with Gasteiger partial charge < -0.3 is 15.2 Å². The van der Waals surface area contributed by atoms with Crippen LogP contribution in [0.3, 0.4) is 0 Å². The summed E-state index contributed by atoms with van der Waals surface area (Å²) >= 11 is 6.01. The van der Waals surface area contributed by atoms with E-state index in [0.29, 0.717) is 29.9 Å². The standard InChI is InChI=1S/C12H10ClN3O2/c13-12-8(6-11(14)15-16-12)7-1-2-9-10(5-7)18-4-3-17-9/h1-2,5-6H,3-4H2,(H2,14,15). The fraction of sp³-hybridized carbons (Fsp3) is 0.167. The van der Waals surface area contributed by atoms with Crippen molar-refractivity contribution in [3.05, 3.63) is 29.4 Å². The predicted octanol–water partition coefficient (Wildman–Crippen LogP) is 2.15. The first-order valence-electron chi connectivity index (χ1n) is 5.43. The van der Waals surface area contributed by atoms with Crippen LogP contribution in [0.5, 0.6) is 11.5 Å². The summed E-state index contributed by atoms with van der Waals surface area (Å²) in [6.45, 7) is 1.11. The maximum Gasteiger partial charge on any atom is 0.161 e. The number of ether oxygens (including phenoxy) is 2. The highest BCUT2D eigenvalue weighted by Gasteiger charge is 2.14. The summed E-state index contributed by atoms with van der Waals surface area (Å²) in [6, 6.07) is 7.27. The number of benzene rings is 1. The quantitative estimate of drug-likeness (QED) is 0.854. The Bertz CT molecular complexity index is 604. The minimum absolute atomic E-state index is 0.306. The lowest BCUT2D eigenvalue weighted by Gasteiger charge is -2.19. The summed E-state index contributed by atoms with van der Waals surface area (Å²) in [5.74, 6) is 1.76. The van der Waals surface area contributed by atoms with Crippen molar-refractivity contribution in [2.24, 2.45) is 0 Å². The van der Waals surface area contributed by atoms with Crippen LogP contribution in [0.15, 0.2) is 24.3 Å². The molecule has 18 heavy (non-hydrogen) atoms. The topological polar surface area (TPSA) is 70.3 Å². The molecule has 2 heterocycles. The number of halogens is 1. The van der Waals surface area contributed by atoms with Crippen molar-refractivity contribution in [1.82, 2.24) is 10.2 Å². The number of aromatic nitrogens is 2. The summed E-state index contributed by atoms with van der Waals surface area (Å²) in [7, 11) is 0. The maximum absolute atomic E-state index is 6.01. The zero-order valence-corrected chi connectivity index (χ0v) is 10.1. The fourth-order valence-corrected chi connectivity index (χ4v) is 2.01. The van der Waals surface area contributed by atoms with Crippen LogP contribution in [0.1, 0.15) is 0 Å². The molecular weight excluding hydrogens is 254 g/mol. The average molecular weight is 264 g/mol. The summed E-state index contributed by atoms with van der Waals surface area (Å²) < 4.78 is 11.0. The molecule has 1 aliphatic rings. The minimum Gasteiger partial charge on any atom is -0.486 e. The van der Waals surface area contributed by atoms with E-state index in [4.69, 9.17) is 26.8 Å². The second kappa shape index (κ2) is 4.34. The Hall–Kier alpha value is -2.01. The summed E-state index contributed by atoms with van der Waals surface area (Å²) in [5, 5.41) is 7.78. The molecule has 6 heteroatoms. The molecule has 5 nitrogen and oxygen atoms in total. The molecule has 92 valence electrons. The molecular formula is C12H10ClN3O2. The number of fused-ring (bicyclic) bond motifs is 1. The van der Waals surface area contributed by atoms with Gasteiger partial charge in [0.25, 0.3) is 0 Å². The van der Waals surface area contributed by atoms with Crippen LogP contribution < -0.4 is 15.2 Å². The molecule has 0 atom stereocenters. The van der Waals surface area contributed by atoms with Crippen LogP contribution in [0.4, 0.5) is 5.82 Å². The van der Waals surface area contributed by atoms with Crippen LogP contribution >= 0.6 is 11.6 Å². The lowest BCUT2D eigenvalue weighted by molar-refractivity contribution is 0.171. The molecule has 0 spiro atoms. The third-order valence-corrected chi connectivity index (χ3v) is 2.90. The van der Waals surface area contributed by atoms with Gasteiger partial charge in [0.2, 0.25) is 0 Å². The molecule has 0 radical (unpaired) electrons. The highest BCUT2D eigenvalue weighted by Crippen LogP contribution is 2.36. The molecule has 2 aromatic rings. The molecule has 0 saturated carbocycles. The smallest absolute Gasteiger partial charge is 0.161 e.